The maximum absolute atomic E-state index is 12.8. The van der Waals surface area contributed by atoms with Gasteiger partial charge in [0.25, 0.3) is 5.91 Å². The summed E-state index contributed by atoms with van der Waals surface area (Å²) in [4.78, 5) is 29.1. The Labute approximate surface area is 138 Å². The van der Waals surface area contributed by atoms with Crippen LogP contribution < -0.4 is 5.56 Å². The summed E-state index contributed by atoms with van der Waals surface area (Å²) < 4.78 is 7.73. The summed E-state index contributed by atoms with van der Waals surface area (Å²) in [6.07, 6.45) is 3.17. The molecule has 8 heteroatoms. The van der Waals surface area contributed by atoms with Crippen LogP contribution in [0, 0.1) is 0 Å². The van der Waals surface area contributed by atoms with Crippen LogP contribution in [0.25, 0.3) is 0 Å². The molecule has 0 aliphatic carbocycles. The summed E-state index contributed by atoms with van der Waals surface area (Å²) >= 11 is 0. The number of fused-ring (bicyclic) bond motifs is 3. The second-order valence-corrected chi connectivity index (χ2v) is 6.24. The van der Waals surface area contributed by atoms with Crippen LogP contribution in [0.3, 0.4) is 0 Å². The number of carbonyl (C=O) groups is 1. The molecule has 1 N–H and O–H groups in total. The van der Waals surface area contributed by atoms with Crippen molar-refractivity contribution in [3.63, 3.8) is 0 Å². The average Bonchev–Trinajstić information content (AvgIpc) is 3.09. The molecule has 8 nitrogen and oxygen atoms in total. The molecule has 0 aromatic carbocycles. The van der Waals surface area contributed by atoms with Gasteiger partial charge >= 0.3 is 0 Å². The van der Waals surface area contributed by atoms with Crippen molar-refractivity contribution in [3.05, 3.63) is 45.6 Å². The van der Waals surface area contributed by atoms with Crippen molar-refractivity contribution in [3.8, 4) is 0 Å². The van der Waals surface area contributed by atoms with Gasteiger partial charge < -0.3 is 14.6 Å². The first-order valence-corrected chi connectivity index (χ1v) is 8.19. The molecule has 2 aliphatic heterocycles. The molecule has 24 heavy (non-hydrogen) atoms. The summed E-state index contributed by atoms with van der Waals surface area (Å²) in [5.41, 5.74) is 1.88. The first-order chi connectivity index (χ1) is 11.7. The van der Waals surface area contributed by atoms with Gasteiger partial charge in [0, 0.05) is 30.4 Å². The predicted octanol–water partition coefficient (Wildman–Crippen LogP) is 0.515. The molecule has 4 rings (SSSR count). The van der Waals surface area contributed by atoms with Crippen LogP contribution in [0.5, 0.6) is 0 Å². The Hall–Kier alpha value is -2.48. The van der Waals surface area contributed by atoms with Gasteiger partial charge in [0.2, 0.25) is 5.56 Å². The summed E-state index contributed by atoms with van der Waals surface area (Å²) in [5.74, 6) is -0.124. The van der Waals surface area contributed by atoms with Crippen LogP contribution in [-0.4, -0.2) is 50.0 Å². The average molecular weight is 329 g/mol. The number of piperidine rings is 1. The number of nitrogens with zero attached hydrogens (tertiary/aromatic N) is 4. The molecule has 2 aromatic heterocycles. The third-order valence-corrected chi connectivity index (χ3v) is 4.74. The number of hydrogen-bond acceptors (Lipinski definition) is 5. The van der Waals surface area contributed by atoms with Crippen molar-refractivity contribution in [2.45, 2.75) is 38.5 Å². The van der Waals surface area contributed by atoms with Gasteiger partial charge in [0.05, 0.1) is 30.6 Å². The Balaban J connectivity index is 1.59. The van der Waals surface area contributed by atoms with Gasteiger partial charge in [-0.3, -0.25) is 9.59 Å². The highest BCUT2D eigenvalue weighted by molar-refractivity contribution is 5.94. The van der Waals surface area contributed by atoms with Gasteiger partial charge in [0.1, 0.15) is 0 Å². The molecule has 2 unspecified atom stereocenters. The van der Waals surface area contributed by atoms with Gasteiger partial charge in [-0.25, -0.2) is 4.68 Å². The second kappa shape index (κ2) is 5.86. The summed E-state index contributed by atoms with van der Waals surface area (Å²) in [5, 5.41) is 8.08. The van der Waals surface area contributed by atoms with E-state index in [-0.39, 0.29) is 23.6 Å². The van der Waals surface area contributed by atoms with Crippen molar-refractivity contribution in [2.24, 2.45) is 0 Å². The topological polar surface area (TPSA) is 93.1 Å². The number of H-pyrrole nitrogens is 1. The smallest absolute Gasteiger partial charge is 0.254 e. The minimum absolute atomic E-state index is 0.0263. The molecule has 1 fully saturated rings. The van der Waals surface area contributed by atoms with Crippen LogP contribution in [0.4, 0.5) is 0 Å². The zero-order valence-corrected chi connectivity index (χ0v) is 13.4. The van der Waals surface area contributed by atoms with Gasteiger partial charge in [-0.05, 0) is 18.9 Å². The Bertz CT molecular complexity index is 827. The van der Waals surface area contributed by atoms with Gasteiger partial charge in [0.15, 0.2) is 0 Å². The highest BCUT2D eigenvalue weighted by Gasteiger charge is 2.38. The van der Waals surface area contributed by atoms with E-state index in [1.807, 2.05) is 11.6 Å². The molecule has 1 saturated heterocycles. The molecule has 4 heterocycles. The molecule has 0 saturated carbocycles. The minimum Gasteiger partial charge on any atom is -0.370 e. The molecule has 2 aromatic rings. The van der Waals surface area contributed by atoms with Crippen molar-refractivity contribution >= 4 is 5.91 Å². The molecule has 0 bridgehead atoms. The monoisotopic (exact) mass is 329 g/mol. The molecule has 126 valence electrons. The fourth-order valence-corrected chi connectivity index (χ4v) is 3.46. The third-order valence-electron chi connectivity index (χ3n) is 4.74. The van der Waals surface area contributed by atoms with Crippen molar-refractivity contribution in [1.82, 2.24) is 24.9 Å². The minimum atomic E-state index is -0.243. The zero-order valence-electron chi connectivity index (χ0n) is 13.4. The number of ether oxygens (including phenoxy) is 1. The number of hydrogen-bond donors (Lipinski definition) is 1. The number of nitrogens with one attached hydrogen (secondary N) is 1. The molecular formula is C16H19N5O3. The Morgan fingerprint density at radius 2 is 2.33 bits per heavy atom. The first-order valence-electron chi connectivity index (χ1n) is 8.19. The fourth-order valence-electron chi connectivity index (χ4n) is 3.46. The van der Waals surface area contributed by atoms with E-state index in [1.165, 1.54) is 6.07 Å². The summed E-state index contributed by atoms with van der Waals surface area (Å²) in [6, 6.07) is 3.10. The van der Waals surface area contributed by atoms with E-state index in [9.17, 15) is 9.59 Å². The maximum atomic E-state index is 12.8. The highest BCUT2D eigenvalue weighted by atomic mass is 16.5. The molecule has 1 amide bonds. The quantitative estimate of drug-likeness (QED) is 0.867. The summed E-state index contributed by atoms with van der Waals surface area (Å²) in [6.45, 7) is 3.57. The van der Waals surface area contributed by atoms with E-state index in [0.717, 1.165) is 17.8 Å². The van der Waals surface area contributed by atoms with E-state index in [0.29, 0.717) is 31.7 Å². The number of aryl methyl sites for hydroxylation is 1. The standard InChI is InChI=1S/C16H19N5O3/c1-2-11-5-10(6-15(22)18-11)16(23)20-4-3-14-13(8-20)21-12(9-24-14)7-17-19-21/h5-7,13-14H,2-4,8-9H2,1H3,(H,18,22). The van der Waals surface area contributed by atoms with Crippen LogP contribution in [-0.2, 0) is 17.8 Å². The predicted molar refractivity (Wildman–Crippen MR) is 84.6 cm³/mol. The van der Waals surface area contributed by atoms with Crippen molar-refractivity contribution in [1.29, 1.82) is 0 Å². The normalized spacial score (nSPS) is 22.8. The van der Waals surface area contributed by atoms with E-state index < -0.39 is 0 Å². The van der Waals surface area contributed by atoms with Crippen LogP contribution in [0.15, 0.2) is 23.1 Å². The fraction of sp³-hybridized carbons (Fsp3) is 0.500. The molecule has 2 atom stereocenters. The Morgan fingerprint density at radius 1 is 1.46 bits per heavy atom. The zero-order chi connectivity index (χ0) is 16.7. The Kier molecular flexibility index (Phi) is 3.68. The van der Waals surface area contributed by atoms with Gasteiger partial charge in [-0.2, -0.15) is 0 Å². The molecule has 0 spiro atoms. The van der Waals surface area contributed by atoms with E-state index in [4.69, 9.17) is 4.74 Å². The summed E-state index contributed by atoms with van der Waals surface area (Å²) in [7, 11) is 0. The molecule has 2 aliphatic rings. The number of carbonyl (C=O) groups excluding carboxylic acids is 1. The Morgan fingerprint density at radius 3 is 3.17 bits per heavy atom. The van der Waals surface area contributed by atoms with Crippen LogP contribution in [0.1, 0.15) is 41.1 Å². The molecule has 0 radical (unpaired) electrons. The lowest BCUT2D eigenvalue weighted by atomic mass is 9.99. The second-order valence-electron chi connectivity index (χ2n) is 6.24. The lowest BCUT2D eigenvalue weighted by Crippen LogP contribution is -2.50. The number of aromatic nitrogens is 4. The number of rotatable bonds is 2. The largest absolute Gasteiger partial charge is 0.370 e. The number of aromatic amines is 1. The van der Waals surface area contributed by atoms with Crippen LogP contribution >= 0.6 is 0 Å². The SMILES string of the molecule is CCc1cc(C(=O)N2CCC3OCc4cnnn4C3C2)cc(=O)[nH]1. The lowest BCUT2D eigenvalue weighted by Gasteiger charge is -2.41. The van der Waals surface area contributed by atoms with Gasteiger partial charge in [-0.15, -0.1) is 5.10 Å². The first kappa shape index (κ1) is 15.1. The third kappa shape index (κ3) is 2.52. The maximum Gasteiger partial charge on any atom is 0.254 e. The van der Waals surface area contributed by atoms with E-state index in [2.05, 4.69) is 15.3 Å². The van der Waals surface area contributed by atoms with Crippen LogP contribution in [0.2, 0.25) is 0 Å². The molecular weight excluding hydrogens is 310 g/mol. The highest BCUT2D eigenvalue weighted by Crippen LogP contribution is 2.30. The number of pyridine rings is 1. The van der Waals surface area contributed by atoms with E-state index in [1.54, 1.807) is 17.2 Å². The number of likely N-dealkylation sites (tertiary alicyclic amines) is 1. The van der Waals surface area contributed by atoms with Crippen molar-refractivity contribution < 1.29 is 9.53 Å². The lowest BCUT2D eigenvalue weighted by molar-refractivity contribution is -0.0605. The van der Waals surface area contributed by atoms with E-state index >= 15 is 0 Å². The number of amides is 1. The van der Waals surface area contributed by atoms with Crippen molar-refractivity contribution in [2.75, 3.05) is 13.1 Å². The van der Waals surface area contributed by atoms with Gasteiger partial charge in [-0.1, -0.05) is 12.1 Å².